The minimum Gasteiger partial charge on any atom is -0.339 e. The van der Waals surface area contributed by atoms with Crippen molar-refractivity contribution < 1.29 is 4.79 Å². The highest BCUT2D eigenvalue weighted by Gasteiger charge is 2.31. The zero-order chi connectivity index (χ0) is 18.0. The Balaban J connectivity index is 2.02. The average molecular weight is 330 g/mol. The van der Waals surface area contributed by atoms with Gasteiger partial charge in [-0.1, -0.05) is 65.8 Å². The molecule has 1 saturated heterocycles. The van der Waals surface area contributed by atoms with Gasteiger partial charge in [-0.05, 0) is 47.6 Å². The molecule has 1 heterocycles. The summed E-state index contributed by atoms with van der Waals surface area (Å²) in [6.07, 6.45) is 5.00. The largest absolute Gasteiger partial charge is 0.339 e. The summed E-state index contributed by atoms with van der Waals surface area (Å²) < 4.78 is 0. The molecule has 2 heteroatoms. The second kappa shape index (κ2) is 7.29. The number of benzene rings is 1. The number of hydrogen-bond acceptors (Lipinski definition) is 1. The molecule has 1 unspecified atom stereocenters. The van der Waals surface area contributed by atoms with Crippen molar-refractivity contribution in [3.05, 3.63) is 35.4 Å². The third-order valence-corrected chi connectivity index (χ3v) is 4.63. The van der Waals surface area contributed by atoms with Gasteiger partial charge in [-0.25, -0.2) is 0 Å². The van der Waals surface area contributed by atoms with Gasteiger partial charge in [-0.3, -0.25) is 4.79 Å². The van der Waals surface area contributed by atoms with Crippen LogP contribution in [0.5, 0.6) is 0 Å². The van der Waals surface area contributed by atoms with E-state index in [2.05, 4.69) is 70.7 Å². The lowest BCUT2D eigenvalue weighted by molar-refractivity contribution is -0.131. The molecule has 0 saturated carbocycles. The number of amides is 1. The van der Waals surface area contributed by atoms with Gasteiger partial charge in [0.1, 0.15) is 0 Å². The van der Waals surface area contributed by atoms with Gasteiger partial charge in [0.05, 0.1) is 6.42 Å². The molecule has 2 nitrogen and oxygen atoms in total. The maximum absolute atomic E-state index is 12.8. The van der Waals surface area contributed by atoms with Crippen molar-refractivity contribution in [2.24, 2.45) is 10.8 Å². The third kappa shape index (κ3) is 5.96. The maximum atomic E-state index is 12.8. The van der Waals surface area contributed by atoms with E-state index in [4.69, 9.17) is 0 Å². The van der Waals surface area contributed by atoms with Crippen LogP contribution in [0.4, 0.5) is 0 Å². The first-order valence-electron chi connectivity index (χ1n) is 9.41. The molecule has 0 radical (unpaired) electrons. The number of nitrogens with zero attached hydrogens (tertiary/aromatic N) is 1. The van der Waals surface area contributed by atoms with Gasteiger partial charge >= 0.3 is 0 Å². The Bertz CT molecular complexity index is 562. The van der Waals surface area contributed by atoms with Crippen LogP contribution in [0.2, 0.25) is 0 Å². The smallest absolute Gasteiger partial charge is 0.227 e. The number of hydrogen-bond donors (Lipinski definition) is 0. The number of likely N-dealkylation sites (tertiary alicyclic amines) is 1. The molecule has 1 aliphatic rings. The lowest BCUT2D eigenvalue weighted by Gasteiger charge is -2.30. The molecule has 1 aliphatic heterocycles. The fraction of sp³-hybridized carbons (Fsp3) is 0.682. The Morgan fingerprint density at radius 2 is 1.75 bits per heavy atom. The fourth-order valence-electron chi connectivity index (χ4n) is 3.82. The molecule has 1 amide bonds. The Kier molecular flexibility index (Phi) is 5.78. The van der Waals surface area contributed by atoms with Gasteiger partial charge in [0.25, 0.3) is 0 Å². The fourth-order valence-corrected chi connectivity index (χ4v) is 3.82. The first-order chi connectivity index (χ1) is 11.0. The molecular formula is C22H35NO. The van der Waals surface area contributed by atoms with Crippen LogP contribution in [0.25, 0.3) is 0 Å². The zero-order valence-corrected chi connectivity index (χ0v) is 16.5. The van der Waals surface area contributed by atoms with Gasteiger partial charge in [0.2, 0.25) is 5.91 Å². The maximum Gasteiger partial charge on any atom is 0.227 e. The molecule has 1 aromatic rings. The van der Waals surface area contributed by atoms with Crippen molar-refractivity contribution in [3.63, 3.8) is 0 Å². The van der Waals surface area contributed by atoms with E-state index in [1.807, 2.05) is 0 Å². The summed E-state index contributed by atoms with van der Waals surface area (Å²) >= 11 is 0. The SMILES string of the molecule is CC(C)(C)Cc1cccc(CC(=O)N2CCCC2CC(C)(C)C)c1. The monoisotopic (exact) mass is 329 g/mol. The first-order valence-corrected chi connectivity index (χ1v) is 9.41. The average Bonchev–Trinajstić information content (AvgIpc) is 2.82. The van der Waals surface area contributed by atoms with Gasteiger partial charge in [-0.2, -0.15) is 0 Å². The van der Waals surface area contributed by atoms with Crippen molar-refractivity contribution in [1.82, 2.24) is 4.90 Å². The van der Waals surface area contributed by atoms with Crippen LogP contribution in [-0.2, 0) is 17.6 Å². The molecule has 1 fully saturated rings. The summed E-state index contributed by atoms with van der Waals surface area (Å²) in [5.41, 5.74) is 3.04. The third-order valence-electron chi connectivity index (χ3n) is 4.63. The molecule has 0 aliphatic carbocycles. The van der Waals surface area contributed by atoms with Crippen molar-refractivity contribution >= 4 is 5.91 Å². The number of carbonyl (C=O) groups excluding carboxylic acids is 1. The standard InChI is InChI=1S/C22H35NO/c1-21(2,3)15-18-10-7-9-17(13-18)14-20(24)23-12-8-11-19(23)16-22(4,5)6/h7,9-10,13,19H,8,11-12,14-16H2,1-6H3. The van der Waals surface area contributed by atoms with Crippen LogP contribution in [0.1, 0.15) is 71.9 Å². The summed E-state index contributed by atoms with van der Waals surface area (Å²) in [7, 11) is 0. The van der Waals surface area contributed by atoms with Gasteiger partial charge in [0.15, 0.2) is 0 Å². The lowest BCUT2D eigenvalue weighted by atomic mass is 9.87. The highest BCUT2D eigenvalue weighted by molar-refractivity contribution is 5.79. The van der Waals surface area contributed by atoms with Crippen LogP contribution in [0.15, 0.2) is 24.3 Å². The molecular weight excluding hydrogens is 294 g/mol. The van der Waals surface area contributed by atoms with E-state index in [-0.39, 0.29) is 10.8 Å². The molecule has 0 bridgehead atoms. The molecule has 0 N–H and O–H groups in total. The zero-order valence-electron chi connectivity index (χ0n) is 16.5. The van der Waals surface area contributed by atoms with Gasteiger partial charge in [-0.15, -0.1) is 0 Å². The van der Waals surface area contributed by atoms with Crippen LogP contribution >= 0.6 is 0 Å². The Labute approximate surface area is 148 Å². The van der Waals surface area contributed by atoms with Crippen LogP contribution in [0, 0.1) is 10.8 Å². The van der Waals surface area contributed by atoms with Crippen LogP contribution < -0.4 is 0 Å². The van der Waals surface area contributed by atoms with Gasteiger partial charge < -0.3 is 4.90 Å². The highest BCUT2D eigenvalue weighted by Crippen LogP contribution is 2.30. The van der Waals surface area contributed by atoms with E-state index in [9.17, 15) is 4.79 Å². The Morgan fingerprint density at radius 1 is 1.08 bits per heavy atom. The van der Waals surface area contributed by atoms with E-state index < -0.39 is 0 Å². The highest BCUT2D eigenvalue weighted by atomic mass is 16.2. The molecule has 24 heavy (non-hydrogen) atoms. The summed E-state index contributed by atoms with van der Waals surface area (Å²) in [6.45, 7) is 14.5. The lowest BCUT2D eigenvalue weighted by Crippen LogP contribution is -2.38. The predicted molar refractivity (Wildman–Crippen MR) is 102 cm³/mol. The van der Waals surface area contributed by atoms with Gasteiger partial charge in [0, 0.05) is 12.6 Å². The molecule has 0 spiro atoms. The van der Waals surface area contributed by atoms with Crippen molar-refractivity contribution in [1.29, 1.82) is 0 Å². The minimum absolute atomic E-state index is 0.273. The predicted octanol–water partition coefficient (Wildman–Crippen LogP) is 5.24. The molecule has 1 aromatic carbocycles. The van der Waals surface area contributed by atoms with E-state index in [0.717, 1.165) is 37.8 Å². The Hall–Kier alpha value is -1.31. The first kappa shape index (κ1) is 19.0. The minimum atomic E-state index is 0.273. The van der Waals surface area contributed by atoms with Crippen LogP contribution in [0.3, 0.4) is 0 Å². The number of carbonyl (C=O) groups is 1. The molecule has 1 atom stereocenters. The van der Waals surface area contributed by atoms with Crippen molar-refractivity contribution in [2.75, 3.05) is 6.54 Å². The molecule has 2 rings (SSSR count). The topological polar surface area (TPSA) is 20.3 Å². The second-order valence-electron chi connectivity index (χ2n) is 9.88. The summed E-state index contributed by atoms with van der Waals surface area (Å²) in [4.78, 5) is 15.0. The number of rotatable bonds is 4. The van der Waals surface area contributed by atoms with Crippen LogP contribution in [-0.4, -0.2) is 23.4 Å². The van der Waals surface area contributed by atoms with E-state index >= 15 is 0 Å². The van der Waals surface area contributed by atoms with E-state index in [0.29, 0.717) is 18.4 Å². The van der Waals surface area contributed by atoms with Crippen molar-refractivity contribution in [2.45, 2.75) is 79.7 Å². The summed E-state index contributed by atoms with van der Waals surface area (Å²) in [5, 5.41) is 0. The quantitative estimate of drug-likeness (QED) is 0.739. The summed E-state index contributed by atoms with van der Waals surface area (Å²) in [6, 6.07) is 9.02. The Morgan fingerprint density at radius 3 is 2.38 bits per heavy atom. The van der Waals surface area contributed by atoms with E-state index in [1.54, 1.807) is 0 Å². The normalized spacial score (nSPS) is 18.9. The molecule has 134 valence electrons. The van der Waals surface area contributed by atoms with E-state index in [1.165, 1.54) is 5.56 Å². The second-order valence-corrected chi connectivity index (χ2v) is 9.88. The summed E-state index contributed by atoms with van der Waals surface area (Å²) in [5.74, 6) is 0.301. The van der Waals surface area contributed by atoms with Crippen molar-refractivity contribution in [3.8, 4) is 0 Å². The molecule has 0 aromatic heterocycles.